The summed E-state index contributed by atoms with van der Waals surface area (Å²) in [7, 11) is 0. The molecule has 1 heterocycles. The van der Waals surface area contributed by atoms with E-state index < -0.39 is 17.8 Å². The van der Waals surface area contributed by atoms with E-state index in [-0.39, 0.29) is 6.54 Å². The zero-order valence-electron chi connectivity index (χ0n) is 18.0. The molecule has 4 rings (SSSR count). The molecule has 176 valence electrons. The molecule has 2 N–H and O–H groups in total. The average molecular weight is 571 g/mol. The van der Waals surface area contributed by atoms with Crippen LogP contribution in [0.2, 0.25) is 5.02 Å². The van der Waals surface area contributed by atoms with Crippen LogP contribution in [-0.4, -0.2) is 30.5 Å². The molecule has 35 heavy (non-hydrogen) atoms. The number of hydrogen-bond acceptors (Lipinski definition) is 6. The largest absolute Gasteiger partial charge is 0.423 e. The van der Waals surface area contributed by atoms with E-state index in [1.165, 1.54) is 17.6 Å². The third-order valence-electron chi connectivity index (χ3n) is 4.72. The topological polar surface area (TPSA) is 96.9 Å². The summed E-state index contributed by atoms with van der Waals surface area (Å²) in [6, 6.07) is 20.9. The number of carbonyl (C=O) groups excluding carboxylic acids is 3. The normalized spacial score (nSPS) is 10.9. The van der Waals surface area contributed by atoms with Crippen molar-refractivity contribution >= 4 is 73.0 Å². The van der Waals surface area contributed by atoms with Crippen LogP contribution in [0.3, 0.4) is 0 Å². The van der Waals surface area contributed by atoms with Crippen molar-refractivity contribution < 1.29 is 19.1 Å². The third-order valence-corrected chi connectivity index (χ3v) is 6.93. The molecule has 4 aromatic rings. The quantitative estimate of drug-likeness (QED) is 0.134. The lowest BCUT2D eigenvalue weighted by atomic mass is 10.2. The van der Waals surface area contributed by atoms with Gasteiger partial charge in [0, 0.05) is 14.6 Å². The molecular formula is C25H17BrClN3O4S. The van der Waals surface area contributed by atoms with E-state index in [2.05, 4.69) is 31.8 Å². The molecule has 10 heteroatoms. The molecule has 3 aromatic carbocycles. The first-order chi connectivity index (χ1) is 16.9. The summed E-state index contributed by atoms with van der Waals surface area (Å²) in [5.74, 6) is -1.01. The summed E-state index contributed by atoms with van der Waals surface area (Å²) in [4.78, 5) is 37.0. The molecule has 0 aliphatic heterocycles. The van der Waals surface area contributed by atoms with Gasteiger partial charge in [0.05, 0.1) is 23.3 Å². The van der Waals surface area contributed by atoms with Crippen molar-refractivity contribution in [3.8, 4) is 5.75 Å². The Morgan fingerprint density at radius 1 is 1.00 bits per heavy atom. The van der Waals surface area contributed by atoms with Gasteiger partial charge in [0.15, 0.2) is 0 Å². The van der Waals surface area contributed by atoms with Crippen molar-refractivity contribution in [3.05, 3.63) is 98.3 Å². The number of thiophene rings is 1. The van der Waals surface area contributed by atoms with Gasteiger partial charge in [-0.1, -0.05) is 45.7 Å². The van der Waals surface area contributed by atoms with E-state index in [1.54, 1.807) is 48.5 Å². The Kier molecular flexibility index (Phi) is 7.91. The first kappa shape index (κ1) is 24.6. The van der Waals surface area contributed by atoms with E-state index in [1.807, 2.05) is 24.3 Å². The van der Waals surface area contributed by atoms with E-state index >= 15 is 0 Å². The zero-order chi connectivity index (χ0) is 24.8. The molecule has 0 aliphatic carbocycles. The standard InChI is InChI=1S/C25H17BrClN3O4S/c26-17-9-7-16(8-10-17)25(33)34-18-11-5-15(6-12-18)13-29-30-21(31)14-28-24(32)23-22(27)19-3-1-2-4-20(19)35-23/h1-13H,14H2,(H,28,32)(H,30,31)/b29-13-. The molecule has 7 nitrogen and oxygen atoms in total. The highest BCUT2D eigenvalue weighted by Gasteiger charge is 2.17. The number of nitrogens with zero attached hydrogens (tertiary/aromatic N) is 1. The molecule has 0 fully saturated rings. The second-order valence-electron chi connectivity index (χ2n) is 7.18. The molecular weight excluding hydrogens is 554 g/mol. The highest BCUT2D eigenvalue weighted by atomic mass is 79.9. The molecule has 0 atom stereocenters. The molecule has 0 spiro atoms. The Morgan fingerprint density at radius 3 is 2.43 bits per heavy atom. The van der Waals surface area contributed by atoms with Gasteiger partial charge in [-0.2, -0.15) is 5.10 Å². The van der Waals surface area contributed by atoms with Crippen molar-refractivity contribution in [3.63, 3.8) is 0 Å². The van der Waals surface area contributed by atoms with Crippen molar-refractivity contribution in [2.75, 3.05) is 6.54 Å². The van der Waals surface area contributed by atoms with E-state index in [0.717, 1.165) is 14.6 Å². The maximum atomic E-state index is 12.4. The molecule has 0 saturated heterocycles. The van der Waals surface area contributed by atoms with Crippen molar-refractivity contribution in [2.24, 2.45) is 5.10 Å². The van der Waals surface area contributed by atoms with Crippen LogP contribution in [0.25, 0.3) is 10.1 Å². The summed E-state index contributed by atoms with van der Waals surface area (Å²) in [6.45, 7) is -0.258. The smallest absolute Gasteiger partial charge is 0.343 e. The summed E-state index contributed by atoms with van der Waals surface area (Å²) in [5, 5.41) is 7.59. The van der Waals surface area contributed by atoms with Crippen molar-refractivity contribution in [1.29, 1.82) is 0 Å². The van der Waals surface area contributed by atoms with E-state index in [4.69, 9.17) is 16.3 Å². The highest BCUT2D eigenvalue weighted by molar-refractivity contribution is 9.10. The average Bonchev–Trinajstić information content (AvgIpc) is 3.20. The summed E-state index contributed by atoms with van der Waals surface area (Å²) < 4.78 is 7.10. The minimum absolute atomic E-state index is 0.258. The lowest BCUT2D eigenvalue weighted by molar-refractivity contribution is -0.120. The zero-order valence-corrected chi connectivity index (χ0v) is 21.1. The molecule has 0 aliphatic rings. The van der Waals surface area contributed by atoms with Gasteiger partial charge in [-0.3, -0.25) is 9.59 Å². The molecule has 0 unspecified atom stereocenters. The van der Waals surface area contributed by atoms with Crippen LogP contribution in [-0.2, 0) is 4.79 Å². The summed E-state index contributed by atoms with van der Waals surface area (Å²) >= 11 is 10.9. The van der Waals surface area contributed by atoms with E-state index in [0.29, 0.717) is 26.8 Å². The van der Waals surface area contributed by atoms with Gasteiger partial charge in [-0.15, -0.1) is 11.3 Å². The monoisotopic (exact) mass is 569 g/mol. The number of rotatable bonds is 7. The second-order valence-corrected chi connectivity index (χ2v) is 9.53. The molecule has 0 bridgehead atoms. The predicted octanol–water partition coefficient (Wildman–Crippen LogP) is 5.42. The summed E-state index contributed by atoms with van der Waals surface area (Å²) in [6.07, 6.45) is 1.43. The SMILES string of the molecule is O=C(CNC(=O)c1sc2ccccc2c1Cl)N/N=C\c1ccc(OC(=O)c2ccc(Br)cc2)cc1. The fourth-order valence-corrected chi connectivity index (χ4v) is 4.69. The minimum Gasteiger partial charge on any atom is -0.423 e. The fraction of sp³-hybridized carbons (Fsp3) is 0.0400. The van der Waals surface area contributed by atoms with Crippen LogP contribution >= 0.6 is 38.9 Å². The lowest BCUT2D eigenvalue weighted by Crippen LogP contribution is -2.34. The number of nitrogens with one attached hydrogen (secondary N) is 2. The van der Waals surface area contributed by atoms with Gasteiger partial charge >= 0.3 is 5.97 Å². The van der Waals surface area contributed by atoms with Gasteiger partial charge in [-0.25, -0.2) is 10.2 Å². The molecule has 0 radical (unpaired) electrons. The van der Waals surface area contributed by atoms with Crippen LogP contribution in [0.5, 0.6) is 5.75 Å². The van der Waals surface area contributed by atoms with Crippen LogP contribution in [0.15, 0.2) is 82.4 Å². The van der Waals surface area contributed by atoms with E-state index in [9.17, 15) is 14.4 Å². The Bertz CT molecular complexity index is 1420. The number of benzene rings is 3. The Balaban J connectivity index is 1.25. The van der Waals surface area contributed by atoms with Gasteiger partial charge in [0.1, 0.15) is 10.6 Å². The maximum Gasteiger partial charge on any atom is 0.343 e. The molecule has 2 amide bonds. The molecule has 1 aromatic heterocycles. The maximum absolute atomic E-state index is 12.4. The first-order valence-corrected chi connectivity index (χ1v) is 12.2. The number of fused-ring (bicyclic) bond motifs is 1. The van der Waals surface area contributed by atoms with Gasteiger partial charge in [0.25, 0.3) is 11.8 Å². The first-order valence-electron chi connectivity index (χ1n) is 10.3. The number of halogens is 2. The highest BCUT2D eigenvalue weighted by Crippen LogP contribution is 2.34. The van der Waals surface area contributed by atoms with Crippen LogP contribution in [0.1, 0.15) is 25.6 Å². The number of esters is 1. The van der Waals surface area contributed by atoms with Crippen LogP contribution < -0.4 is 15.5 Å². The number of carbonyl (C=O) groups is 3. The second kappa shape index (κ2) is 11.3. The van der Waals surface area contributed by atoms with Crippen molar-refractivity contribution in [2.45, 2.75) is 0 Å². The van der Waals surface area contributed by atoms with Crippen LogP contribution in [0, 0.1) is 0 Å². The number of ether oxygens (including phenoxy) is 1. The summed E-state index contributed by atoms with van der Waals surface area (Å²) in [5.41, 5.74) is 3.46. The third kappa shape index (κ3) is 6.33. The predicted molar refractivity (Wildman–Crippen MR) is 140 cm³/mol. The van der Waals surface area contributed by atoms with Gasteiger partial charge < -0.3 is 10.1 Å². The fourth-order valence-electron chi connectivity index (χ4n) is 2.99. The number of hydrogen-bond donors (Lipinski definition) is 2. The van der Waals surface area contributed by atoms with Crippen molar-refractivity contribution in [1.82, 2.24) is 10.7 Å². The molecule has 0 saturated carbocycles. The van der Waals surface area contributed by atoms with Gasteiger partial charge in [0.2, 0.25) is 0 Å². The minimum atomic E-state index is -0.494. The van der Waals surface area contributed by atoms with Crippen LogP contribution in [0.4, 0.5) is 0 Å². The Hall–Kier alpha value is -3.53. The number of hydrazone groups is 1. The lowest BCUT2D eigenvalue weighted by Gasteiger charge is -2.05. The number of amides is 2. The van der Waals surface area contributed by atoms with Gasteiger partial charge in [-0.05, 0) is 60.2 Å². The Morgan fingerprint density at radius 2 is 1.71 bits per heavy atom. The Labute approximate surface area is 217 Å².